The lowest BCUT2D eigenvalue weighted by atomic mass is 9.99. The van der Waals surface area contributed by atoms with Gasteiger partial charge in [0.05, 0.1) is 4.90 Å². The number of hydrogen-bond donors (Lipinski definition) is 2. The fourth-order valence-corrected chi connectivity index (χ4v) is 5.13. The normalized spacial score (nSPS) is 15.1. The number of aryl methyl sites for hydroxylation is 1. The number of benzene rings is 3. The zero-order valence-electron chi connectivity index (χ0n) is 19.6. The van der Waals surface area contributed by atoms with Crippen LogP contribution in [0.3, 0.4) is 0 Å². The van der Waals surface area contributed by atoms with E-state index in [1.807, 2.05) is 37.3 Å². The largest absolute Gasteiger partial charge is 0.322 e. The van der Waals surface area contributed by atoms with Crippen LogP contribution in [0.2, 0.25) is 0 Å². The molecule has 1 fully saturated rings. The van der Waals surface area contributed by atoms with Crippen LogP contribution in [0.4, 0.5) is 11.4 Å². The molecule has 0 bridgehead atoms. The molecule has 0 aromatic heterocycles. The molecule has 7 heteroatoms. The fourth-order valence-electron chi connectivity index (χ4n) is 4.08. The van der Waals surface area contributed by atoms with Crippen molar-refractivity contribution in [1.82, 2.24) is 4.90 Å². The van der Waals surface area contributed by atoms with Crippen molar-refractivity contribution >= 4 is 27.3 Å². The van der Waals surface area contributed by atoms with E-state index in [9.17, 15) is 13.2 Å². The Kier molecular flexibility index (Phi) is 7.34. The van der Waals surface area contributed by atoms with Gasteiger partial charge in [-0.25, -0.2) is 8.42 Å². The Balaban J connectivity index is 1.35. The molecular weight excluding hydrogens is 446 g/mol. The predicted octanol–water partition coefficient (Wildman–Crippen LogP) is 5.28. The molecule has 1 amide bonds. The third kappa shape index (κ3) is 6.24. The molecule has 1 aliphatic rings. The Morgan fingerprint density at radius 2 is 1.62 bits per heavy atom. The van der Waals surface area contributed by atoms with Crippen LogP contribution >= 0.6 is 0 Å². The predicted molar refractivity (Wildman–Crippen MR) is 136 cm³/mol. The maximum Gasteiger partial charge on any atom is 0.261 e. The van der Waals surface area contributed by atoms with E-state index in [4.69, 9.17) is 0 Å². The van der Waals surface area contributed by atoms with Crippen molar-refractivity contribution in [3.63, 3.8) is 0 Å². The molecule has 0 spiro atoms. The van der Waals surface area contributed by atoms with Gasteiger partial charge in [-0.2, -0.15) is 0 Å². The highest BCUT2D eigenvalue weighted by atomic mass is 32.2. The monoisotopic (exact) mass is 477 g/mol. The summed E-state index contributed by atoms with van der Waals surface area (Å²) in [6.07, 6.45) is 2.48. The number of nitrogens with one attached hydrogen (secondary N) is 2. The van der Waals surface area contributed by atoms with Gasteiger partial charge < -0.3 is 5.32 Å². The van der Waals surface area contributed by atoms with E-state index in [0.717, 1.165) is 31.1 Å². The van der Waals surface area contributed by atoms with Crippen molar-refractivity contribution in [3.8, 4) is 0 Å². The van der Waals surface area contributed by atoms with E-state index < -0.39 is 10.0 Å². The van der Waals surface area contributed by atoms with Crippen LogP contribution in [0.1, 0.15) is 41.3 Å². The SMILES string of the molecule is Cc1cccc(NS(=O)(=O)c2ccc(NC(=O)c3ccc(CN4CCC(C)CC4)cc3)cc2)c1. The highest BCUT2D eigenvalue weighted by Gasteiger charge is 2.17. The minimum Gasteiger partial charge on any atom is -0.322 e. The van der Waals surface area contributed by atoms with Crippen molar-refractivity contribution in [2.24, 2.45) is 5.92 Å². The van der Waals surface area contributed by atoms with Crippen LogP contribution < -0.4 is 10.0 Å². The zero-order valence-corrected chi connectivity index (χ0v) is 20.4. The molecule has 2 N–H and O–H groups in total. The number of hydrogen-bond acceptors (Lipinski definition) is 4. The maximum atomic E-state index is 12.7. The first-order chi connectivity index (χ1) is 16.3. The number of sulfonamides is 1. The molecule has 34 heavy (non-hydrogen) atoms. The lowest BCUT2D eigenvalue weighted by molar-refractivity contribution is 0.102. The molecular formula is C27H31N3O3S. The van der Waals surface area contributed by atoms with Crippen molar-refractivity contribution in [3.05, 3.63) is 89.5 Å². The number of carbonyl (C=O) groups is 1. The van der Waals surface area contributed by atoms with Crippen LogP contribution in [-0.4, -0.2) is 32.3 Å². The van der Waals surface area contributed by atoms with E-state index in [1.54, 1.807) is 30.3 Å². The highest BCUT2D eigenvalue weighted by Crippen LogP contribution is 2.21. The summed E-state index contributed by atoms with van der Waals surface area (Å²) in [6, 6.07) is 21.0. The second kappa shape index (κ2) is 10.4. The van der Waals surface area contributed by atoms with E-state index in [0.29, 0.717) is 16.9 Å². The summed E-state index contributed by atoms with van der Waals surface area (Å²) in [5.41, 5.74) is 3.77. The van der Waals surface area contributed by atoms with Gasteiger partial charge in [0.25, 0.3) is 15.9 Å². The van der Waals surface area contributed by atoms with Gasteiger partial charge in [0, 0.05) is 23.5 Å². The van der Waals surface area contributed by atoms with E-state index in [2.05, 4.69) is 21.9 Å². The molecule has 0 atom stereocenters. The Hall–Kier alpha value is -3.16. The first-order valence-electron chi connectivity index (χ1n) is 11.6. The standard InChI is InChI=1S/C27H31N3O3S/c1-20-14-16-30(17-15-20)19-22-6-8-23(9-7-22)27(31)28-24-10-12-26(13-11-24)34(32,33)29-25-5-3-4-21(2)18-25/h3-13,18,20,29H,14-17,19H2,1-2H3,(H,28,31). The lowest BCUT2D eigenvalue weighted by Gasteiger charge is -2.30. The van der Waals surface area contributed by atoms with Crippen molar-refractivity contribution in [2.45, 2.75) is 38.1 Å². The van der Waals surface area contributed by atoms with Crippen LogP contribution in [0.15, 0.2) is 77.7 Å². The van der Waals surface area contributed by atoms with Gasteiger partial charge in [0.1, 0.15) is 0 Å². The number of nitrogens with zero attached hydrogens (tertiary/aromatic N) is 1. The molecule has 0 radical (unpaired) electrons. The summed E-state index contributed by atoms with van der Waals surface area (Å²) >= 11 is 0. The minimum absolute atomic E-state index is 0.128. The second-order valence-electron chi connectivity index (χ2n) is 9.11. The molecule has 1 heterocycles. The van der Waals surface area contributed by atoms with Crippen LogP contribution in [0, 0.1) is 12.8 Å². The molecule has 0 unspecified atom stereocenters. The average molecular weight is 478 g/mol. The number of likely N-dealkylation sites (tertiary alicyclic amines) is 1. The second-order valence-corrected chi connectivity index (χ2v) is 10.8. The molecule has 178 valence electrons. The van der Waals surface area contributed by atoms with E-state index in [-0.39, 0.29) is 10.8 Å². The third-order valence-electron chi connectivity index (χ3n) is 6.19. The first kappa shape index (κ1) is 24.0. The van der Waals surface area contributed by atoms with E-state index >= 15 is 0 Å². The molecule has 1 aliphatic heterocycles. The molecule has 3 aromatic carbocycles. The Labute approximate surface area is 202 Å². The number of anilines is 2. The molecule has 6 nitrogen and oxygen atoms in total. The van der Waals surface area contributed by atoms with Crippen LogP contribution in [0.5, 0.6) is 0 Å². The summed E-state index contributed by atoms with van der Waals surface area (Å²) in [6.45, 7) is 7.35. The fraction of sp³-hybridized carbons (Fsp3) is 0.296. The Bertz CT molecular complexity index is 1230. The summed E-state index contributed by atoms with van der Waals surface area (Å²) in [5.74, 6) is 0.577. The van der Waals surface area contributed by atoms with Gasteiger partial charge in [-0.15, -0.1) is 0 Å². The Morgan fingerprint density at radius 1 is 0.941 bits per heavy atom. The number of piperidine rings is 1. The quantitative estimate of drug-likeness (QED) is 0.485. The summed E-state index contributed by atoms with van der Waals surface area (Å²) < 4.78 is 27.9. The summed E-state index contributed by atoms with van der Waals surface area (Å²) in [7, 11) is -3.71. The van der Waals surface area contributed by atoms with Gasteiger partial charge in [-0.3, -0.25) is 14.4 Å². The van der Waals surface area contributed by atoms with Gasteiger partial charge >= 0.3 is 0 Å². The number of rotatable bonds is 7. The van der Waals surface area contributed by atoms with Crippen LogP contribution in [0.25, 0.3) is 0 Å². The van der Waals surface area contributed by atoms with Crippen molar-refractivity contribution in [1.29, 1.82) is 0 Å². The van der Waals surface area contributed by atoms with Crippen LogP contribution in [-0.2, 0) is 16.6 Å². The topological polar surface area (TPSA) is 78.5 Å². The lowest BCUT2D eigenvalue weighted by Crippen LogP contribution is -2.32. The van der Waals surface area contributed by atoms with Gasteiger partial charge in [0.2, 0.25) is 0 Å². The van der Waals surface area contributed by atoms with Gasteiger partial charge in [-0.05, 0) is 98.4 Å². The summed E-state index contributed by atoms with van der Waals surface area (Å²) in [5, 5.41) is 2.84. The van der Waals surface area contributed by atoms with Gasteiger partial charge in [-0.1, -0.05) is 31.2 Å². The molecule has 1 saturated heterocycles. The molecule has 0 saturated carbocycles. The first-order valence-corrected chi connectivity index (χ1v) is 13.1. The van der Waals surface area contributed by atoms with Crippen molar-refractivity contribution < 1.29 is 13.2 Å². The maximum absolute atomic E-state index is 12.7. The smallest absolute Gasteiger partial charge is 0.261 e. The highest BCUT2D eigenvalue weighted by molar-refractivity contribution is 7.92. The minimum atomic E-state index is -3.71. The third-order valence-corrected chi connectivity index (χ3v) is 7.59. The molecule has 4 rings (SSSR count). The molecule has 0 aliphatic carbocycles. The number of carbonyl (C=O) groups excluding carboxylic acids is 1. The molecule has 3 aromatic rings. The zero-order chi connectivity index (χ0) is 24.1. The number of amides is 1. The average Bonchev–Trinajstić information content (AvgIpc) is 2.81. The van der Waals surface area contributed by atoms with E-state index in [1.165, 1.54) is 30.5 Å². The summed E-state index contributed by atoms with van der Waals surface area (Å²) in [4.78, 5) is 15.2. The van der Waals surface area contributed by atoms with Crippen molar-refractivity contribution in [2.75, 3.05) is 23.1 Å². The van der Waals surface area contributed by atoms with Gasteiger partial charge in [0.15, 0.2) is 0 Å². The Morgan fingerprint density at radius 3 is 2.26 bits per heavy atom.